The molecule has 0 rings (SSSR count). The molecule has 0 aliphatic heterocycles. The van der Waals surface area contributed by atoms with Gasteiger partial charge in [-0.1, -0.05) is 0 Å². The Morgan fingerprint density at radius 1 is 1.33 bits per heavy atom. The number of methoxy groups -OCH3 is 2. The molecule has 3 N–H and O–H groups in total. The summed E-state index contributed by atoms with van der Waals surface area (Å²) < 4.78 is 9.48. The monoisotopic (exact) mass is 221 g/mol. The maximum atomic E-state index is 10.7. The van der Waals surface area contributed by atoms with Gasteiger partial charge < -0.3 is 25.0 Å². The molecule has 0 heterocycles. The number of carboxylic acids is 1. The number of hydrogen-bond acceptors (Lipinski definition) is 5. The lowest BCUT2D eigenvalue weighted by atomic mass is 10.2. The van der Waals surface area contributed by atoms with Crippen molar-refractivity contribution in [2.24, 2.45) is 0 Å². The van der Waals surface area contributed by atoms with Crippen molar-refractivity contribution in [1.82, 2.24) is 5.32 Å². The Bertz CT molecular complexity index is 176. The van der Waals surface area contributed by atoms with E-state index < -0.39 is 18.1 Å². The van der Waals surface area contributed by atoms with Crippen molar-refractivity contribution in [2.75, 3.05) is 34.0 Å². The molecule has 0 spiro atoms. The second-order valence-electron chi connectivity index (χ2n) is 3.20. The molecule has 0 fully saturated rings. The lowest BCUT2D eigenvalue weighted by molar-refractivity contribution is -0.140. The molecule has 0 bridgehead atoms. The molecule has 0 saturated heterocycles. The molecular formula is C9H19NO5. The van der Waals surface area contributed by atoms with Crippen molar-refractivity contribution in [3.8, 4) is 0 Å². The van der Waals surface area contributed by atoms with Crippen molar-refractivity contribution in [1.29, 1.82) is 0 Å². The highest BCUT2D eigenvalue weighted by molar-refractivity contribution is 5.73. The second-order valence-corrected chi connectivity index (χ2v) is 3.20. The van der Waals surface area contributed by atoms with Crippen LogP contribution in [0.5, 0.6) is 0 Å². The lowest BCUT2D eigenvalue weighted by Gasteiger charge is -2.15. The van der Waals surface area contributed by atoms with Crippen molar-refractivity contribution < 1.29 is 24.5 Å². The SMILES string of the molecule is COCC(O)CCNC(COC)C(=O)O. The Hall–Kier alpha value is -0.690. The molecule has 0 amide bonds. The van der Waals surface area contributed by atoms with Crippen LogP contribution >= 0.6 is 0 Å². The zero-order chi connectivity index (χ0) is 11.7. The van der Waals surface area contributed by atoms with Crippen molar-refractivity contribution in [3.63, 3.8) is 0 Å². The van der Waals surface area contributed by atoms with Gasteiger partial charge >= 0.3 is 5.97 Å². The second kappa shape index (κ2) is 8.60. The largest absolute Gasteiger partial charge is 0.480 e. The number of aliphatic hydroxyl groups is 1. The minimum absolute atomic E-state index is 0.107. The number of nitrogens with one attached hydrogen (secondary N) is 1. The van der Waals surface area contributed by atoms with Crippen LogP contribution in [-0.2, 0) is 14.3 Å². The van der Waals surface area contributed by atoms with Gasteiger partial charge in [-0.15, -0.1) is 0 Å². The van der Waals surface area contributed by atoms with Gasteiger partial charge in [-0.05, 0) is 13.0 Å². The maximum Gasteiger partial charge on any atom is 0.323 e. The highest BCUT2D eigenvalue weighted by Crippen LogP contribution is 1.92. The van der Waals surface area contributed by atoms with Crippen LogP contribution in [-0.4, -0.2) is 62.3 Å². The first-order valence-electron chi connectivity index (χ1n) is 4.74. The van der Waals surface area contributed by atoms with E-state index in [1.54, 1.807) is 0 Å². The first kappa shape index (κ1) is 14.3. The molecule has 0 aromatic carbocycles. The molecule has 0 aromatic heterocycles. The number of carboxylic acid groups (broad SMARTS) is 1. The van der Waals surface area contributed by atoms with Crippen LogP contribution in [0.15, 0.2) is 0 Å². The van der Waals surface area contributed by atoms with Crippen LogP contribution in [0.25, 0.3) is 0 Å². The summed E-state index contributed by atoms with van der Waals surface area (Å²) in [5.41, 5.74) is 0. The van der Waals surface area contributed by atoms with E-state index in [0.717, 1.165) is 0 Å². The number of ether oxygens (including phenoxy) is 2. The predicted molar refractivity (Wildman–Crippen MR) is 53.8 cm³/mol. The van der Waals surface area contributed by atoms with Crippen molar-refractivity contribution >= 4 is 5.97 Å². The number of hydrogen-bond donors (Lipinski definition) is 3. The Balaban J connectivity index is 3.65. The average Bonchev–Trinajstić information content (AvgIpc) is 2.16. The number of carbonyl (C=O) groups is 1. The van der Waals surface area contributed by atoms with Gasteiger partial charge in [0.05, 0.1) is 19.3 Å². The van der Waals surface area contributed by atoms with Crippen molar-refractivity contribution in [2.45, 2.75) is 18.6 Å². The summed E-state index contributed by atoms with van der Waals surface area (Å²) in [6, 6.07) is -0.732. The molecule has 0 radical (unpaired) electrons. The fourth-order valence-corrected chi connectivity index (χ4v) is 1.08. The fourth-order valence-electron chi connectivity index (χ4n) is 1.08. The molecule has 90 valence electrons. The molecule has 2 atom stereocenters. The van der Waals surface area contributed by atoms with Gasteiger partial charge in [0, 0.05) is 14.2 Å². The topological polar surface area (TPSA) is 88.0 Å². The van der Waals surface area contributed by atoms with E-state index in [-0.39, 0.29) is 13.2 Å². The van der Waals surface area contributed by atoms with Crippen LogP contribution in [0.3, 0.4) is 0 Å². The fraction of sp³-hybridized carbons (Fsp3) is 0.889. The zero-order valence-corrected chi connectivity index (χ0v) is 9.10. The number of aliphatic carboxylic acids is 1. The first-order chi connectivity index (χ1) is 7.11. The highest BCUT2D eigenvalue weighted by Gasteiger charge is 2.16. The molecular weight excluding hydrogens is 202 g/mol. The Morgan fingerprint density at radius 2 is 1.93 bits per heavy atom. The van der Waals surface area contributed by atoms with Gasteiger partial charge in [0.15, 0.2) is 0 Å². The van der Waals surface area contributed by atoms with Gasteiger partial charge in [0.2, 0.25) is 0 Å². The lowest BCUT2D eigenvalue weighted by Crippen LogP contribution is -2.41. The van der Waals surface area contributed by atoms with Crippen LogP contribution in [0.2, 0.25) is 0 Å². The van der Waals surface area contributed by atoms with Crippen LogP contribution in [0.1, 0.15) is 6.42 Å². The number of aliphatic hydroxyl groups excluding tert-OH is 1. The van der Waals surface area contributed by atoms with E-state index >= 15 is 0 Å². The third kappa shape index (κ3) is 7.26. The molecule has 6 heteroatoms. The Labute approximate surface area is 89.2 Å². The smallest absolute Gasteiger partial charge is 0.323 e. The summed E-state index contributed by atoms with van der Waals surface area (Å²) in [5.74, 6) is -0.960. The summed E-state index contributed by atoms with van der Waals surface area (Å²) in [4.78, 5) is 10.7. The first-order valence-corrected chi connectivity index (χ1v) is 4.74. The van der Waals surface area contributed by atoms with E-state index in [1.807, 2.05) is 0 Å². The summed E-state index contributed by atoms with van der Waals surface area (Å²) in [5, 5.41) is 20.8. The Morgan fingerprint density at radius 3 is 2.40 bits per heavy atom. The van der Waals surface area contributed by atoms with Crippen LogP contribution < -0.4 is 5.32 Å². The van der Waals surface area contributed by atoms with Crippen molar-refractivity contribution in [3.05, 3.63) is 0 Å². The molecule has 0 saturated carbocycles. The molecule has 0 aromatic rings. The van der Waals surface area contributed by atoms with E-state index in [1.165, 1.54) is 14.2 Å². The number of rotatable bonds is 9. The van der Waals surface area contributed by atoms with Gasteiger partial charge in [-0.25, -0.2) is 0 Å². The highest BCUT2D eigenvalue weighted by atomic mass is 16.5. The van der Waals surface area contributed by atoms with Gasteiger partial charge in [0.25, 0.3) is 0 Å². The van der Waals surface area contributed by atoms with E-state index in [0.29, 0.717) is 13.0 Å². The Kier molecular flexibility index (Phi) is 8.21. The normalized spacial score (nSPS) is 14.9. The summed E-state index contributed by atoms with van der Waals surface area (Å²) >= 11 is 0. The van der Waals surface area contributed by atoms with Gasteiger partial charge in [0.1, 0.15) is 6.04 Å². The molecule has 6 nitrogen and oxygen atoms in total. The average molecular weight is 221 g/mol. The summed E-state index contributed by atoms with van der Waals surface area (Å²) in [7, 11) is 2.94. The van der Waals surface area contributed by atoms with E-state index in [9.17, 15) is 9.90 Å². The molecule has 0 aliphatic carbocycles. The van der Waals surface area contributed by atoms with E-state index in [4.69, 9.17) is 14.6 Å². The third-order valence-corrected chi connectivity index (χ3v) is 1.86. The minimum atomic E-state index is -0.960. The van der Waals surface area contributed by atoms with Crippen LogP contribution in [0.4, 0.5) is 0 Å². The van der Waals surface area contributed by atoms with E-state index in [2.05, 4.69) is 5.32 Å². The maximum absolute atomic E-state index is 10.7. The van der Waals surface area contributed by atoms with Gasteiger partial charge in [-0.3, -0.25) is 4.79 Å². The quantitative estimate of drug-likeness (QED) is 0.466. The molecule has 0 aliphatic rings. The van der Waals surface area contributed by atoms with Gasteiger partial charge in [-0.2, -0.15) is 0 Å². The third-order valence-electron chi connectivity index (χ3n) is 1.86. The summed E-state index contributed by atoms with van der Waals surface area (Å²) in [6.45, 7) is 0.768. The predicted octanol–water partition coefficient (Wildman–Crippen LogP) is -0.927. The zero-order valence-electron chi connectivity index (χ0n) is 9.10. The van der Waals surface area contributed by atoms with Crippen LogP contribution in [0, 0.1) is 0 Å². The molecule has 2 unspecified atom stereocenters. The standard InChI is InChI=1S/C9H19NO5/c1-14-5-7(11)3-4-10-8(6-15-2)9(12)13/h7-8,10-11H,3-6H2,1-2H3,(H,12,13). The molecule has 15 heavy (non-hydrogen) atoms. The summed E-state index contributed by atoms with van der Waals surface area (Å²) in [6.07, 6.45) is -0.124. The minimum Gasteiger partial charge on any atom is -0.480 e.